The van der Waals surface area contributed by atoms with Gasteiger partial charge in [-0.1, -0.05) is 29.8 Å². The number of nitrogens with zero attached hydrogens (tertiary/aromatic N) is 1. The summed E-state index contributed by atoms with van der Waals surface area (Å²) in [5, 5.41) is 10.1. The lowest BCUT2D eigenvalue weighted by Gasteiger charge is -2.36. The molecule has 1 aliphatic rings. The first-order valence-corrected chi connectivity index (χ1v) is 7.72. The molecule has 1 fully saturated rings. The monoisotopic (exact) mass is 293 g/mol. The SMILES string of the molecule is Cc1ccc(COC[C@H](O)CN2C[C@H](C)O[C@@H](C)C2)cc1. The van der Waals surface area contributed by atoms with Crippen LogP contribution in [0.5, 0.6) is 0 Å². The summed E-state index contributed by atoms with van der Waals surface area (Å²) in [4.78, 5) is 2.25. The van der Waals surface area contributed by atoms with Crippen LogP contribution in [0.15, 0.2) is 24.3 Å². The molecule has 2 rings (SSSR count). The molecule has 0 bridgehead atoms. The fraction of sp³-hybridized carbons (Fsp3) is 0.647. The van der Waals surface area contributed by atoms with Crippen molar-refractivity contribution < 1.29 is 14.6 Å². The smallest absolute Gasteiger partial charge is 0.0900 e. The first-order valence-electron chi connectivity index (χ1n) is 7.72. The molecule has 4 heteroatoms. The fourth-order valence-corrected chi connectivity index (χ4v) is 2.78. The first-order chi connectivity index (χ1) is 10.0. The zero-order chi connectivity index (χ0) is 15.2. The number of hydrogen-bond acceptors (Lipinski definition) is 4. The van der Waals surface area contributed by atoms with Crippen LogP contribution in [0.1, 0.15) is 25.0 Å². The van der Waals surface area contributed by atoms with Crippen LogP contribution in [0.25, 0.3) is 0 Å². The zero-order valence-corrected chi connectivity index (χ0v) is 13.3. The molecule has 4 nitrogen and oxygen atoms in total. The van der Waals surface area contributed by atoms with E-state index in [0.29, 0.717) is 19.8 Å². The van der Waals surface area contributed by atoms with Gasteiger partial charge in [-0.2, -0.15) is 0 Å². The zero-order valence-electron chi connectivity index (χ0n) is 13.3. The third kappa shape index (κ3) is 5.75. The van der Waals surface area contributed by atoms with Crippen molar-refractivity contribution in [2.45, 2.75) is 45.7 Å². The standard InChI is InChI=1S/C17H27NO3/c1-13-4-6-16(7-5-13)11-20-12-17(19)10-18-8-14(2)21-15(3)9-18/h4-7,14-15,17,19H,8-12H2,1-3H3/t14-,15-,17+/m0/s1. The Labute approximate surface area is 127 Å². The molecular weight excluding hydrogens is 266 g/mol. The third-order valence-corrected chi connectivity index (χ3v) is 3.66. The maximum absolute atomic E-state index is 10.1. The molecule has 0 unspecified atom stereocenters. The molecule has 0 radical (unpaired) electrons. The van der Waals surface area contributed by atoms with Crippen molar-refractivity contribution in [1.82, 2.24) is 4.90 Å². The molecular formula is C17H27NO3. The van der Waals surface area contributed by atoms with Gasteiger partial charge in [0.2, 0.25) is 0 Å². The molecule has 21 heavy (non-hydrogen) atoms. The van der Waals surface area contributed by atoms with Gasteiger partial charge < -0.3 is 14.6 Å². The van der Waals surface area contributed by atoms with Crippen molar-refractivity contribution in [3.8, 4) is 0 Å². The molecule has 1 aromatic carbocycles. The van der Waals surface area contributed by atoms with Crippen molar-refractivity contribution in [2.24, 2.45) is 0 Å². The Morgan fingerprint density at radius 3 is 2.48 bits per heavy atom. The number of rotatable bonds is 6. The molecule has 1 N–H and O–H groups in total. The Bertz CT molecular complexity index is 411. The molecule has 118 valence electrons. The molecule has 0 spiro atoms. The minimum atomic E-state index is -0.451. The van der Waals surface area contributed by atoms with E-state index in [9.17, 15) is 5.11 Å². The van der Waals surface area contributed by atoms with Crippen LogP contribution in [-0.4, -0.2) is 54.6 Å². The maximum Gasteiger partial charge on any atom is 0.0900 e. The van der Waals surface area contributed by atoms with E-state index >= 15 is 0 Å². The van der Waals surface area contributed by atoms with Gasteiger partial charge in [-0.05, 0) is 26.3 Å². The Hall–Kier alpha value is -0.940. The van der Waals surface area contributed by atoms with Gasteiger partial charge in [0.25, 0.3) is 0 Å². The summed E-state index contributed by atoms with van der Waals surface area (Å²) in [6, 6.07) is 8.28. The van der Waals surface area contributed by atoms with Gasteiger partial charge >= 0.3 is 0 Å². The van der Waals surface area contributed by atoms with Crippen LogP contribution in [0.2, 0.25) is 0 Å². The van der Waals surface area contributed by atoms with Crippen molar-refractivity contribution in [1.29, 1.82) is 0 Å². The summed E-state index contributed by atoms with van der Waals surface area (Å²) >= 11 is 0. The highest BCUT2D eigenvalue weighted by molar-refractivity contribution is 5.20. The predicted octanol–water partition coefficient (Wildman–Crippen LogP) is 1.98. The van der Waals surface area contributed by atoms with Gasteiger partial charge in [-0.3, -0.25) is 4.90 Å². The molecule has 1 saturated heterocycles. The Kier molecular flexibility index (Phi) is 6.18. The van der Waals surface area contributed by atoms with Crippen molar-refractivity contribution in [2.75, 3.05) is 26.2 Å². The summed E-state index contributed by atoms with van der Waals surface area (Å²) < 4.78 is 11.3. The van der Waals surface area contributed by atoms with Gasteiger partial charge in [0, 0.05) is 19.6 Å². The number of ether oxygens (including phenoxy) is 2. The molecule has 1 aromatic rings. The van der Waals surface area contributed by atoms with E-state index < -0.39 is 6.10 Å². The van der Waals surface area contributed by atoms with Crippen molar-refractivity contribution >= 4 is 0 Å². The number of hydrogen-bond donors (Lipinski definition) is 1. The summed E-state index contributed by atoms with van der Waals surface area (Å²) in [5.74, 6) is 0. The quantitative estimate of drug-likeness (QED) is 0.871. The van der Waals surface area contributed by atoms with E-state index in [2.05, 4.69) is 49.9 Å². The van der Waals surface area contributed by atoms with Crippen LogP contribution in [0.3, 0.4) is 0 Å². The molecule has 1 heterocycles. The highest BCUT2D eigenvalue weighted by Gasteiger charge is 2.23. The average Bonchev–Trinajstić information content (AvgIpc) is 2.39. The molecule has 0 amide bonds. The number of aliphatic hydroxyl groups is 1. The summed E-state index contributed by atoms with van der Waals surface area (Å²) in [7, 11) is 0. The molecule has 0 aliphatic carbocycles. The van der Waals surface area contributed by atoms with Crippen LogP contribution < -0.4 is 0 Å². The van der Waals surface area contributed by atoms with E-state index in [1.54, 1.807) is 0 Å². The van der Waals surface area contributed by atoms with Gasteiger partial charge in [0.05, 0.1) is 31.5 Å². The van der Waals surface area contributed by atoms with E-state index in [0.717, 1.165) is 18.7 Å². The lowest BCUT2D eigenvalue weighted by atomic mass is 10.2. The molecule has 1 aliphatic heterocycles. The highest BCUT2D eigenvalue weighted by Crippen LogP contribution is 2.11. The van der Waals surface area contributed by atoms with Crippen LogP contribution in [0, 0.1) is 6.92 Å². The van der Waals surface area contributed by atoms with Crippen molar-refractivity contribution in [3.63, 3.8) is 0 Å². The second-order valence-corrected chi connectivity index (χ2v) is 6.13. The summed E-state index contributed by atoms with van der Waals surface area (Å²) in [6.07, 6.45) is 0.0109. The van der Waals surface area contributed by atoms with Gasteiger partial charge in [-0.25, -0.2) is 0 Å². The second-order valence-electron chi connectivity index (χ2n) is 6.13. The topological polar surface area (TPSA) is 41.9 Å². The van der Waals surface area contributed by atoms with Gasteiger partial charge in [-0.15, -0.1) is 0 Å². The lowest BCUT2D eigenvalue weighted by molar-refractivity contribution is -0.0826. The number of aryl methyl sites for hydroxylation is 1. The Morgan fingerprint density at radius 2 is 1.86 bits per heavy atom. The van der Waals surface area contributed by atoms with E-state index in [4.69, 9.17) is 9.47 Å². The Morgan fingerprint density at radius 1 is 1.24 bits per heavy atom. The number of benzene rings is 1. The first kappa shape index (κ1) is 16.4. The largest absolute Gasteiger partial charge is 0.389 e. The lowest BCUT2D eigenvalue weighted by Crippen LogP contribution is -2.48. The van der Waals surface area contributed by atoms with E-state index in [-0.39, 0.29) is 12.2 Å². The highest BCUT2D eigenvalue weighted by atomic mass is 16.5. The predicted molar refractivity (Wildman–Crippen MR) is 83.3 cm³/mol. The van der Waals surface area contributed by atoms with Crippen molar-refractivity contribution in [3.05, 3.63) is 35.4 Å². The number of aliphatic hydroxyl groups excluding tert-OH is 1. The Balaban J connectivity index is 1.67. The maximum atomic E-state index is 10.1. The molecule has 0 aromatic heterocycles. The average molecular weight is 293 g/mol. The van der Waals surface area contributed by atoms with Crippen LogP contribution >= 0.6 is 0 Å². The molecule has 0 saturated carbocycles. The van der Waals surface area contributed by atoms with E-state index in [1.807, 2.05) is 0 Å². The van der Waals surface area contributed by atoms with Crippen LogP contribution in [0.4, 0.5) is 0 Å². The van der Waals surface area contributed by atoms with Crippen LogP contribution in [-0.2, 0) is 16.1 Å². The normalized spacial score (nSPS) is 25.0. The minimum Gasteiger partial charge on any atom is -0.389 e. The number of β-amino-alcohol motifs (C(OH)–C–C–N with tert-alkyl or cyclic N) is 1. The summed E-state index contributed by atoms with van der Waals surface area (Å²) in [6.45, 7) is 9.52. The second kappa shape index (κ2) is 7.90. The van der Waals surface area contributed by atoms with Gasteiger partial charge in [0.1, 0.15) is 0 Å². The number of morpholine rings is 1. The molecule has 3 atom stereocenters. The third-order valence-electron chi connectivity index (χ3n) is 3.66. The fourth-order valence-electron chi connectivity index (χ4n) is 2.78. The van der Waals surface area contributed by atoms with Gasteiger partial charge in [0.15, 0.2) is 0 Å². The summed E-state index contributed by atoms with van der Waals surface area (Å²) in [5.41, 5.74) is 2.38. The van der Waals surface area contributed by atoms with E-state index in [1.165, 1.54) is 5.56 Å². The minimum absolute atomic E-state index is 0.231.